The fourth-order valence-corrected chi connectivity index (χ4v) is 3.54. The van der Waals surface area contributed by atoms with Crippen LogP contribution >= 0.6 is 0 Å². The van der Waals surface area contributed by atoms with Crippen LogP contribution in [0.3, 0.4) is 0 Å². The number of benzene rings is 2. The molecular formula is C22H22N4O3. The van der Waals surface area contributed by atoms with Crippen molar-refractivity contribution >= 4 is 28.2 Å². The van der Waals surface area contributed by atoms with Gasteiger partial charge in [-0.3, -0.25) is 4.79 Å². The Hall–Kier alpha value is -3.74. The monoisotopic (exact) mass is 390 g/mol. The number of rotatable bonds is 5. The third-order valence-corrected chi connectivity index (χ3v) is 4.88. The number of nitrogens with two attached hydrogens (primary N) is 1. The zero-order chi connectivity index (χ0) is 20.5. The number of aryl methyl sites for hydroxylation is 2. The minimum atomic E-state index is -0.326. The third kappa shape index (κ3) is 3.31. The largest absolute Gasteiger partial charge is 0.497 e. The molecule has 0 saturated heterocycles. The van der Waals surface area contributed by atoms with Gasteiger partial charge < -0.3 is 24.9 Å². The maximum Gasteiger partial charge on any atom is 0.277 e. The van der Waals surface area contributed by atoms with Crippen LogP contribution in [0.2, 0.25) is 0 Å². The third-order valence-electron chi connectivity index (χ3n) is 4.88. The lowest BCUT2D eigenvalue weighted by molar-refractivity contribution is 0.101. The van der Waals surface area contributed by atoms with E-state index in [1.807, 2.05) is 42.5 Å². The van der Waals surface area contributed by atoms with Gasteiger partial charge >= 0.3 is 0 Å². The van der Waals surface area contributed by atoms with Gasteiger partial charge in [0.1, 0.15) is 11.5 Å². The zero-order valence-electron chi connectivity index (χ0n) is 16.5. The van der Waals surface area contributed by atoms with E-state index in [1.165, 1.54) is 0 Å². The predicted octanol–water partition coefficient (Wildman–Crippen LogP) is 4.47. The lowest BCUT2D eigenvalue weighted by Gasteiger charge is -2.11. The van der Waals surface area contributed by atoms with E-state index in [4.69, 9.17) is 15.0 Å². The number of nitrogen functional groups attached to an aromatic ring is 1. The van der Waals surface area contributed by atoms with E-state index in [0.717, 1.165) is 34.5 Å². The minimum Gasteiger partial charge on any atom is -0.497 e. The van der Waals surface area contributed by atoms with Gasteiger partial charge in [0.15, 0.2) is 5.69 Å². The van der Waals surface area contributed by atoms with Crippen LogP contribution in [0, 0.1) is 6.92 Å². The van der Waals surface area contributed by atoms with E-state index in [1.54, 1.807) is 20.1 Å². The van der Waals surface area contributed by atoms with Crippen LogP contribution < -0.4 is 15.8 Å². The highest BCUT2D eigenvalue weighted by molar-refractivity contribution is 6.04. The summed E-state index contributed by atoms with van der Waals surface area (Å²) >= 11 is 0. The number of nitrogens with zero attached hydrogens (tertiary/aromatic N) is 2. The molecule has 0 saturated carbocycles. The first-order chi connectivity index (χ1) is 14.0. The lowest BCUT2D eigenvalue weighted by Crippen LogP contribution is -2.12. The first-order valence-electron chi connectivity index (χ1n) is 9.32. The van der Waals surface area contributed by atoms with E-state index >= 15 is 0 Å². The van der Waals surface area contributed by atoms with Crippen LogP contribution in [0.1, 0.15) is 23.2 Å². The topological polar surface area (TPSA) is 95.3 Å². The molecule has 2 aromatic carbocycles. The predicted molar refractivity (Wildman–Crippen MR) is 113 cm³/mol. The Labute approximate surface area is 168 Å². The molecule has 29 heavy (non-hydrogen) atoms. The quantitative estimate of drug-likeness (QED) is 0.524. The fraction of sp³-hybridized carbons (Fsp3) is 0.182. The molecule has 0 aliphatic carbocycles. The van der Waals surface area contributed by atoms with E-state index in [0.29, 0.717) is 17.1 Å². The molecule has 2 aromatic heterocycles. The molecule has 7 nitrogen and oxygen atoms in total. The van der Waals surface area contributed by atoms with Gasteiger partial charge in [-0.05, 0) is 38.1 Å². The van der Waals surface area contributed by atoms with Crippen LogP contribution in [0.25, 0.3) is 22.2 Å². The highest BCUT2D eigenvalue weighted by Gasteiger charge is 2.17. The lowest BCUT2D eigenvalue weighted by atomic mass is 10.1. The summed E-state index contributed by atoms with van der Waals surface area (Å²) in [5.41, 5.74) is 10.9. The Morgan fingerprint density at radius 1 is 1.24 bits per heavy atom. The van der Waals surface area contributed by atoms with Crippen LogP contribution in [0.15, 0.2) is 53.1 Å². The molecule has 0 unspecified atom stereocenters. The molecule has 2 heterocycles. The Morgan fingerprint density at radius 3 is 2.76 bits per heavy atom. The Balaban J connectivity index is 1.75. The number of anilines is 2. The van der Waals surface area contributed by atoms with Crippen molar-refractivity contribution in [3.63, 3.8) is 0 Å². The van der Waals surface area contributed by atoms with E-state index in [9.17, 15) is 4.79 Å². The van der Waals surface area contributed by atoms with Gasteiger partial charge in [0.2, 0.25) is 0 Å². The van der Waals surface area contributed by atoms with Crippen molar-refractivity contribution in [3.8, 4) is 17.0 Å². The average molecular weight is 390 g/mol. The number of ether oxygens (including phenoxy) is 1. The van der Waals surface area contributed by atoms with Gasteiger partial charge in [0.25, 0.3) is 5.91 Å². The summed E-state index contributed by atoms with van der Waals surface area (Å²) < 4.78 is 12.5. The van der Waals surface area contributed by atoms with Gasteiger partial charge in [0, 0.05) is 35.3 Å². The van der Waals surface area contributed by atoms with Crippen molar-refractivity contribution in [1.82, 2.24) is 9.72 Å². The standard InChI is InChI=1S/C22H22N4O3/c1-4-26-19-12-16(28-3)8-9-17(19)20(23)21(26)14-6-5-7-15(11-14)24-22(27)18-10-13(2)29-25-18/h5-12H,4,23H2,1-3H3,(H,24,27). The minimum absolute atomic E-state index is 0.238. The maximum absolute atomic E-state index is 12.4. The number of hydrogen-bond acceptors (Lipinski definition) is 5. The Morgan fingerprint density at radius 2 is 2.07 bits per heavy atom. The molecule has 0 fully saturated rings. The summed E-state index contributed by atoms with van der Waals surface area (Å²) in [5.74, 6) is 1.03. The summed E-state index contributed by atoms with van der Waals surface area (Å²) in [4.78, 5) is 12.4. The molecule has 0 bridgehead atoms. The summed E-state index contributed by atoms with van der Waals surface area (Å²) in [5, 5.41) is 7.58. The van der Waals surface area contributed by atoms with Crippen LogP contribution in [0.4, 0.5) is 11.4 Å². The number of aromatic nitrogens is 2. The van der Waals surface area contributed by atoms with Gasteiger partial charge in [-0.1, -0.05) is 17.3 Å². The number of hydrogen-bond donors (Lipinski definition) is 2. The molecular weight excluding hydrogens is 368 g/mol. The van der Waals surface area contributed by atoms with Crippen molar-refractivity contribution in [1.29, 1.82) is 0 Å². The molecule has 0 atom stereocenters. The molecule has 0 radical (unpaired) electrons. The first kappa shape index (κ1) is 18.6. The first-order valence-corrected chi connectivity index (χ1v) is 9.32. The van der Waals surface area contributed by atoms with Gasteiger partial charge in [-0.2, -0.15) is 0 Å². The SMILES string of the molecule is CCn1c(-c2cccc(NC(=O)c3cc(C)on3)c2)c(N)c2ccc(OC)cc21. The molecule has 1 amide bonds. The number of amides is 1. The zero-order valence-corrected chi connectivity index (χ0v) is 16.5. The Bertz CT molecular complexity index is 1210. The second-order valence-electron chi connectivity index (χ2n) is 6.75. The van der Waals surface area contributed by atoms with Crippen molar-refractivity contribution in [2.45, 2.75) is 20.4 Å². The normalized spacial score (nSPS) is 11.0. The summed E-state index contributed by atoms with van der Waals surface area (Å²) in [6, 6.07) is 15.0. The van der Waals surface area contributed by atoms with E-state index < -0.39 is 0 Å². The summed E-state index contributed by atoms with van der Waals surface area (Å²) in [6.07, 6.45) is 0. The molecule has 0 spiro atoms. The molecule has 7 heteroatoms. The van der Waals surface area contributed by atoms with Gasteiger partial charge in [-0.25, -0.2) is 0 Å². The average Bonchev–Trinajstić information content (AvgIpc) is 3.29. The number of fused-ring (bicyclic) bond motifs is 1. The summed E-state index contributed by atoms with van der Waals surface area (Å²) in [6.45, 7) is 4.55. The van der Waals surface area contributed by atoms with E-state index in [2.05, 4.69) is 22.0 Å². The van der Waals surface area contributed by atoms with Crippen LogP contribution in [-0.2, 0) is 6.54 Å². The van der Waals surface area contributed by atoms with E-state index in [-0.39, 0.29) is 11.6 Å². The Kier molecular flexibility index (Phi) is 4.72. The number of nitrogens with one attached hydrogen (secondary N) is 1. The summed E-state index contributed by atoms with van der Waals surface area (Å²) in [7, 11) is 1.65. The number of carbonyl (C=O) groups is 1. The molecule has 4 rings (SSSR count). The van der Waals surface area contributed by atoms with Gasteiger partial charge in [0.05, 0.1) is 24.0 Å². The van der Waals surface area contributed by atoms with Crippen LogP contribution in [0.5, 0.6) is 5.75 Å². The molecule has 4 aromatic rings. The van der Waals surface area contributed by atoms with Crippen molar-refractivity contribution in [2.24, 2.45) is 0 Å². The van der Waals surface area contributed by atoms with Crippen molar-refractivity contribution in [3.05, 3.63) is 60.0 Å². The molecule has 148 valence electrons. The smallest absolute Gasteiger partial charge is 0.277 e. The maximum atomic E-state index is 12.4. The number of carbonyl (C=O) groups excluding carboxylic acids is 1. The molecule has 3 N–H and O–H groups in total. The van der Waals surface area contributed by atoms with Crippen molar-refractivity contribution < 1.29 is 14.1 Å². The second-order valence-corrected chi connectivity index (χ2v) is 6.75. The number of methoxy groups -OCH3 is 1. The highest BCUT2D eigenvalue weighted by Crippen LogP contribution is 2.38. The van der Waals surface area contributed by atoms with Gasteiger partial charge in [-0.15, -0.1) is 0 Å². The molecule has 0 aliphatic rings. The van der Waals surface area contributed by atoms with Crippen molar-refractivity contribution in [2.75, 3.05) is 18.2 Å². The molecule has 0 aliphatic heterocycles. The highest BCUT2D eigenvalue weighted by atomic mass is 16.5. The second kappa shape index (κ2) is 7.35. The fourth-order valence-electron chi connectivity index (χ4n) is 3.54. The van der Waals surface area contributed by atoms with Crippen LogP contribution in [-0.4, -0.2) is 22.7 Å².